The molecule has 1 unspecified atom stereocenters. The number of rotatable bonds is 4. The van der Waals surface area contributed by atoms with E-state index in [1.807, 2.05) is 30.3 Å². The summed E-state index contributed by atoms with van der Waals surface area (Å²) in [4.78, 5) is 0. The van der Waals surface area contributed by atoms with Gasteiger partial charge in [-0.1, -0.05) is 52.7 Å². The fraction of sp³-hybridized carbons (Fsp3) is 0.294. The molecule has 1 N–H and O–H groups in total. The molecular formula is C17H18BrClFN. The molecule has 0 radical (unpaired) electrons. The Kier molecular flexibility index (Phi) is 5.42. The maximum absolute atomic E-state index is 13.8. The van der Waals surface area contributed by atoms with Gasteiger partial charge in [0.2, 0.25) is 0 Å². The van der Waals surface area contributed by atoms with Gasteiger partial charge in [0.25, 0.3) is 0 Å². The zero-order chi connectivity index (χ0) is 15.6. The minimum atomic E-state index is -0.135. The molecule has 2 aromatic rings. The van der Waals surface area contributed by atoms with E-state index in [1.54, 1.807) is 13.8 Å². The number of aryl methyl sites for hydroxylation is 2. The van der Waals surface area contributed by atoms with Crippen LogP contribution in [0.5, 0.6) is 0 Å². The van der Waals surface area contributed by atoms with E-state index < -0.39 is 0 Å². The van der Waals surface area contributed by atoms with Crippen molar-refractivity contribution in [3.63, 3.8) is 0 Å². The molecule has 2 rings (SSSR count). The number of benzene rings is 2. The summed E-state index contributed by atoms with van der Waals surface area (Å²) in [5.74, 6) is -0.135. The number of hydrogen-bond donors (Lipinski definition) is 1. The van der Waals surface area contributed by atoms with Gasteiger partial charge in [0.15, 0.2) is 0 Å². The van der Waals surface area contributed by atoms with Crippen molar-refractivity contribution in [2.45, 2.75) is 26.8 Å². The standard InChI is InChI=1S/C17H18BrClFN/c1-4-21-17(14-6-5-13(19)9-15(14)18)12-7-10(2)16(20)11(3)8-12/h5-9,17,21H,4H2,1-3H3. The third-order valence-electron chi connectivity index (χ3n) is 3.47. The molecule has 0 aliphatic heterocycles. The van der Waals surface area contributed by atoms with Crippen LogP contribution in [-0.2, 0) is 0 Å². The summed E-state index contributed by atoms with van der Waals surface area (Å²) in [6.07, 6.45) is 0. The van der Waals surface area contributed by atoms with E-state index >= 15 is 0 Å². The normalized spacial score (nSPS) is 12.5. The lowest BCUT2D eigenvalue weighted by Crippen LogP contribution is -2.22. The SMILES string of the molecule is CCNC(c1cc(C)c(F)c(C)c1)c1ccc(Cl)cc1Br. The molecule has 0 heterocycles. The fourth-order valence-electron chi connectivity index (χ4n) is 2.49. The first kappa shape index (κ1) is 16.5. The number of halogens is 3. The highest BCUT2D eigenvalue weighted by Crippen LogP contribution is 2.32. The number of nitrogens with one attached hydrogen (secondary N) is 1. The van der Waals surface area contributed by atoms with Gasteiger partial charge in [-0.05, 0) is 54.8 Å². The highest BCUT2D eigenvalue weighted by atomic mass is 79.9. The van der Waals surface area contributed by atoms with Gasteiger partial charge in [-0.25, -0.2) is 4.39 Å². The second-order valence-electron chi connectivity index (χ2n) is 5.13. The van der Waals surface area contributed by atoms with E-state index in [4.69, 9.17) is 11.6 Å². The molecule has 112 valence electrons. The van der Waals surface area contributed by atoms with Gasteiger partial charge in [-0.15, -0.1) is 0 Å². The summed E-state index contributed by atoms with van der Waals surface area (Å²) < 4.78 is 14.8. The summed E-state index contributed by atoms with van der Waals surface area (Å²) >= 11 is 9.58. The van der Waals surface area contributed by atoms with Gasteiger partial charge < -0.3 is 5.32 Å². The fourth-order valence-corrected chi connectivity index (χ4v) is 3.40. The molecule has 0 saturated heterocycles. The molecule has 4 heteroatoms. The van der Waals surface area contributed by atoms with Crippen LogP contribution in [0.15, 0.2) is 34.8 Å². The smallest absolute Gasteiger partial charge is 0.129 e. The lowest BCUT2D eigenvalue weighted by atomic mass is 9.95. The zero-order valence-electron chi connectivity index (χ0n) is 12.3. The van der Waals surface area contributed by atoms with E-state index in [9.17, 15) is 4.39 Å². The maximum Gasteiger partial charge on any atom is 0.129 e. The Morgan fingerprint density at radius 2 is 1.81 bits per heavy atom. The van der Waals surface area contributed by atoms with Gasteiger partial charge in [0.1, 0.15) is 5.82 Å². The molecule has 0 aliphatic rings. The van der Waals surface area contributed by atoms with Crippen LogP contribution >= 0.6 is 27.5 Å². The predicted octanol–water partition coefficient (Wildman–Crippen LogP) is 5.56. The molecule has 2 aromatic carbocycles. The Labute approximate surface area is 138 Å². The van der Waals surface area contributed by atoms with Crippen LogP contribution in [0.4, 0.5) is 4.39 Å². The lowest BCUT2D eigenvalue weighted by molar-refractivity contribution is 0.598. The monoisotopic (exact) mass is 369 g/mol. The summed E-state index contributed by atoms with van der Waals surface area (Å²) in [7, 11) is 0. The molecule has 0 saturated carbocycles. The molecule has 0 amide bonds. The molecule has 1 atom stereocenters. The van der Waals surface area contributed by atoms with Crippen molar-refractivity contribution in [2.75, 3.05) is 6.54 Å². The summed E-state index contributed by atoms with van der Waals surface area (Å²) in [6.45, 7) is 6.47. The van der Waals surface area contributed by atoms with Crippen molar-refractivity contribution < 1.29 is 4.39 Å². The van der Waals surface area contributed by atoms with Gasteiger partial charge in [0.05, 0.1) is 6.04 Å². The molecule has 0 bridgehead atoms. The largest absolute Gasteiger partial charge is 0.306 e. The molecule has 1 nitrogen and oxygen atoms in total. The van der Waals surface area contributed by atoms with Gasteiger partial charge in [-0.3, -0.25) is 0 Å². The highest BCUT2D eigenvalue weighted by molar-refractivity contribution is 9.10. The summed E-state index contributed by atoms with van der Waals surface area (Å²) in [5.41, 5.74) is 3.47. The Morgan fingerprint density at radius 1 is 1.19 bits per heavy atom. The maximum atomic E-state index is 13.8. The Morgan fingerprint density at radius 3 is 2.33 bits per heavy atom. The lowest BCUT2D eigenvalue weighted by Gasteiger charge is -2.22. The van der Waals surface area contributed by atoms with E-state index in [0.717, 1.165) is 22.1 Å². The van der Waals surface area contributed by atoms with Crippen LogP contribution in [0.25, 0.3) is 0 Å². The van der Waals surface area contributed by atoms with Crippen molar-refractivity contribution in [1.82, 2.24) is 5.32 Å². The third kappa shape index (κ3) is 3.65. The van der Waals surface area contributed by atoms with Crippen LogP contribution in [0.1, 0.15) is 35.2 Å². The molecule has 0 fully saturated rings. The first-order valence-electron chi connectivity index (χ1n) is 6.89. The minimum Gasteiger partial charge on any atom is -0.306 e. The van der Waals surface area contributed by atoms with Crippen LogP contribution in [0, 0.1) is 19.7 Å². The van der Waals surface area contributed by atoms with Crippen molar-refractivity contribution >= 4 is 27.5 Å². The van der Waals surface area contributed by atoms with Gasteiger partial charge >= 0.3 is 0 Å². The van der Waals surface area contributed by atoms with Crippen molar-refractivity contribution in [3.05, 3.63) is 67.9 Å². The summed E-state index contributed by atoms with van der Waals surface area (Å²) in [5, 5.41) is 4.14. The van der Waals surface area contributed by atoms with E-state index in [1.165, 1.54) is 0 Å². The average molecular weight is 371 g/mol. The van der Waals surface area contributed by atoms with Gasteiger partial charge in [0, 0.05) is 9.50 Å². The van der Waals surface area contributed by atoms with Crippen LogP contribution < -0.4 is 5.32 Å². The van der Waals surface area contributed by atoms with E-state index in [2.05, 4.69) is 28.2 Å². The van der Waals surface area contributed by atoms with Crippen molar-refractivity contribution in [1.29, 1.82) is 0 Å². The van der Waals surface area contributed by atoms with E-state index in [0.29, 0.717) is 16.1 Å². The Balaban J connectivity index is 2.53. The molecule has 0 aliphatic carbocycles. The third-order valence-corrected chi connectivity index (χ3v) is 4.40. The van der Waals surface area contributed by atoms with Crippen molar-refractivity contribution in [2.24, 2.45) is 0 Å². The molecular weight excluding hydrogens is 353 g/mol. The van der Waals surface area contributed by atoms with Crippen LogP contribution in [-0.4, -0.2) is 6.54 Å². The Bertz CT molecular complexity index is 634. The topological polar surface area (TPSA) is 12.0 Å². The number of hydrogen-bond acceptors (Lipinski definition) is 1. The summed E-state index contributed by atoms with van der Waals surface area (Å²) in [6, 6.07) is 9.54. The Hall–Kier alpha value is -0.900. The molecule has 21 heavy (non-hydrogen) atoms. The minimum absolute atomic E-state index is 0.000332. The predicted molar refractivity (Wildman–Crippen MR) is 90.5 cm³/mol. The first-order valence-corrected chi connectivity index (χ1v) is 8.06. The van der Waals surface area contributed by atoms with Crippen LogP contribution in [0.3, 0.4) is 0 Å². The average Bonchev–Trinajstić information content (AvgIpc) is 2.42. The quantitative estimate of drug-likeness (QED) is 0.743. The zero-order valence-corrected chi connectivity index (χ0v) is 14.6. The van der Waals surface area contributed by atoms with Gasteiger partial charge in [-0.2, -0.15) is 0 Å². The van der Waals surface area contributed by atoms with Crippen LogP contribution in [0.2, 0.25) is 5.02 Å². The molecule has 0 spiro atoms. The van der Waals surface area contributed by atoms with Crippen molar-refractivity contribution in [3.8, 4) is 0 Å². The second-order valence-corrected chi connectivity index (χ2v) is 6.42. The molecule has 0 aromatic heterocycles. The first-order chi connectivity index (χ1) is 9.93. The van der Waals surface area contributed by atoms with E-state index in [-0.39, 0.29) is 11.9 Å². The second kappa shape index (κ2) is 6.91. The highest BCUT2D eigenvalue weighted by Gasteiger charge is 2.18.